The predicted octanol–water partition coefficient (Wildman–Crippen LogP) is 4.11. The molecule has 26 heavy (non-hydrogen) atoms. The van der Waals surface area contributed by atoms with Gasteiger partial charge in [-0.15, -0.1) is 0 Å². The number of nitrogens with one attached hydrogen (secondary N) is 2. The van der Waals surface area contributed by atoms with Crippen LogP contribution < -0.4 is 5.56 Å². The number of hydrogen-bond acceptors (Lipinski definition) is 2. The zero-order valence-corrected chi connectivity index (χ0v) is 16.1. The summed E-state index contributed by atoms with van der Waals surface area (Å²) in [6.45, 7) is 4.98. The summed E-state index contributed by atoms with van der Waals surface area (Å²) in [6, 6.07) is 1.78. The third kappa shape index (κ3) is 2.20. The predicted molar refractivity (Wildman–Crippen MR) is 102 cm³/mol. The summed E-state index contributed by atoms with van der Waals surface area (Å²) in [5, 5.41) is 16.0. The minimum absolute atomic E-state index is 0.000693. The first-order chi connectivity index (χ1) is 12.4. The number of aromatic amines is 2. The van der Waals surface area contributed by atoms with Gasteiger partial charge in [0.05, 0.1) is 6.10 Å². The van der Waals surface area contributed by atoms with Gasteiger partial charge in [0.1, 0.15) is 0 Å². The molecular formula is C22H32N2O2. The molecule has 142 valence electrons. The Morgan fingerprint density at radius 1 is 1.08 bits per heavy atom. The Labute approximate surface area is 155 Å². The molecule has 7 atom stereocenters. The van der Waals surface area contributed by atoms with Gasteiger partial charge >= 0.3 is 0 Å². The summed E-state index contributed by atoms with van der Waals surface area (Å²) in [7, 11) is 0. The molecular weight excluding hydrogens is 324 g/mol. The fraction of sp³-hybridized carbons (Fsp3) is 0.773. The van der Waals surface area contributed by atoms with E-state index in [1.165, 1.54) is 32.1 Å². The standard InChI is InChI=1S/C22H32N2O2/c1-21-9-7-14(25)11-13(21)3-4-15-16-5-6-18(19-12-20(26)24-23-19)22(16,2)10-8-17(15)21/h3,12,14-18,25H,4-11H2,1-2H3,(H2,23,24,26)/t14-,15-,16-,17-,18+,21-,22-/m0/s1. The van der Waals surface area contributed by atoms with E-state index in [9.17, 15) is 9.90 Å². The lowest BCUT2D eigenvalue weighted by Gasteiger charge is -2.58. The van der Waals surface area contributed by atoms with Crippen molar-refractivity contribution in [3.05, 3.63) is 33.8 Å². The fourth-order valence-corrected chi connectivity index (χ4v) is 7.69. The summed E-state index contributed by atoms with van der Waals surface area (Å²) >= 11 is 0. The van der Waals surface area contributed by atoms with Gasteiger partial charge in [-0.25, -0.2) is 0 Å². The first-order valence-electron chi connectivity index (χ1n) is 10.6. The number of aliphatic hydroxyl groups is 1. The van der Waals surface area contributed by atoms with Crippen LogP contribution in [0.5, 0.6) is 0 Å². The first-order valence-corrected chi connectivity index (χ1v) is 10.6. The molecule has 4 nitrogen and oxygen atoms in total. The van der Waals surface area contributed by atoms with Crippen LogP contribution >= 0.6 is 0 Å². The highest BCUT2D eigenvalue weighted by atomic mass is 16.3. The van der Waals surface area contributed by atoms with Crippen molar-refractivity contribution in [2.45, 2.75) is 77.2 Å². The van der Waals surface area contributed by atoms with E-state index >= 15 is 0 Å². The van der Waals surface area contributed by atoms with Crippen LogP contribution in [0.1, 0.15) is 76.8 Å². The lowest BCUT2D eigenvalue weighted by atomic mass is 9.47. The Morgan fingerprint density at radius 3 is 2.69 bits per heavy atom. The molecule has 0 amide bonds. The van der Waals surface area contributed by atoms with Crippen molar-refractivity contribution in [2.75, 3.05) is 0 Å². The maximum atomic E-state index is 11.7. The van der Waals surface area contributed by atoms with Crippen LogP contribution in [-0.4, -0.2) is 21.4 Å². The van der Waals surface area contributed by atoms with Crippen LogP contribution in [-0.2, 0) is 0 Å². The molecule has 0 unspecified atom stereocenters. The summed E-state index contributed by atoms with van der Waals surface area (Å²) in [6.07, 6.45) is 11.6. The van der Waals surface area contributed by atoms with E-state index < -0.39 is 0 Å². The molecule has 1 aromatic rings. The van der Waals surface area contributed by atoms with Gasteiger partial charge in [0.15, 0.2) is 0 Å². The van der Waals surface area contributed by atoms with E-state index in [4.69, 9.17) is 0 Å². The second-order valence-corrected chi connectivity index (χ2v) is 10.0. The van der Waals surface area contributed by atoms with Gasteiger partial charge in [0, 0.05) is 17.7 Å². The van der Waals surface area contributed by atoms with Crippen molar-refractivity contribution in [3.8, 4) is 0 Å². The molecule has 0 aliphatic heterocycles. The van der Waals surface area contributed by atoms with Gasteiger partial charge in [-0.2, -0.15) is 0 Å². The topological polar surface area (TPSA) is 68.9 Å². The van der Waals surface area contributed by atoms with Crippen LogP contribution in [0.3, 0.4) is 0 Å². The quantitative estimate of drug-likeness (QED) is 0.663. The molecule has 3 N–H and O–H groups in total. The molecule has 4 aliphatic rings. The first kappa shape index (κ1) is 16.9. The van der Waals surface area contributed by atoms with Gasteiger partial charge in [-0.3, -0.25) is 9.89 Å². The highest BCUT2D eigenvalue weighted by Gasteiger charge is 2.58. The maximum absolute atomic E-state index is 11.7. The molecule has 1 heterocycles. The number of rotatable bonds is 1. The maximum Gasteiger partial charge on any atom is 0.264 e. The van der Waals surface area contributed by atoms with Crippen molar-refractivity contribution in [3.63, 3.8) is 0 Å². The van der Waals surface area contributed by atoms with Crippen LogP contribution in [0, 0.1) is 28.6 Å². The number of fused-ring (bicyclic) bond motifs is 5. The van der Waals surface area contributed by atoms with Crippen LogP contribution in [0.4, 0.5) is 0 Å². The number of aliphatic hydroxyl groups excluding tert-OH is 1. The molecule has 1 aromatic heterocycles. The Hall–Kier alpha value is -1.29. The number of H-pyrrole nitrogens is 2. The average molecular weight is 357 g/mol. The minimum Gasteiger partial charge on any atom is -0.393 e. The minimum atomic E-state index is -0.124. The van der Waals surface area contributed by atoms with E-state index in [0.717, 1.165) is 42.7 Å². The van der Waals surface area contributed by atoms with Gasteiger partial charge in [-0.1, -0.05) is 25.5 Å². The number of aromatic nitrogens is 2. The largest absolute Gasteiger partial charge is 0.393 e. The van der Waals surface area contributed by atoms with E-state index in [-0.39, 0.29) is 11.7 Å². The van der Waals surface area contributed by atoms with E-state index in [1.807, 2.05) is 0 Å². The summed E-state index contributed by atoms with van der Waals surface area (Å²) in [5.41, 5.74) is 3.29. The molecule has 4 heteroatoms. The fourth-order valence-electron chi connectivity index (χ4n) is 7.69. The summed E-state index contributed by atoms with van der Waals surface area (Å²) in [4.78, 5) is 11.7. The molecule has 5 rings (SSSR count). The Balaban J connectivity index is 1.47. The molecule has 0 saturated heterocycles. The van der Waals surface area contributed by atoms with Gasteiger partial charge < -0.3 is 10.2 Å². The van der Waals surface area contributed by atoms with Gasteiger partial charge in [0.2, 0.25) is 0 Å². The highest BCUT2D eigenvalue weighted by Crippen LogP contribution is 2.67. The average Bonchev–Trinajstić information content (AvgIpc) is 3.18. The molecule has 0 spiro atoms. The SMILES string of the molecule is C[C@]12CC[C@H]3[C@@H](CC=C4C[C@@H](O)CC[C@@]43C)[C@@H]1CC[C@@H]2c1cc(=O)[nH][nH]1. The zero-order chi connectivity index (χ0) is 18.1. The molecule has 4 aliphatic carbocycles. The Morgan fingerprint density at radius 2 is 1.92 bits per heavy atom. The van der Waals surface area contributed by atoms with E-state index in [0.29, 0.717) is 16.7 Å². The molecule has 3 fully saturated rings. The summed E-state index contributed by atoms with van der Waals surface area (Å²) in [5.74, 6) is 2.79. The van der Waals surface area contributed by atoms with Crippen molar-refractivity contribution in [1.29, 1.82) is 0 Å². The van der Waals surface area contributed by atoms with Crippen molar-refractivity contribution < 1.29 is 5.11 Å². The smallest absolute Gasteiger partial charge is 0.264 e. The van der Waals surface area contributed by atoms with Gasteiger partial charge in [0.25, 0.3) is 5.56 Å². The van der Waals surface area contributed by atoms with Crippen LogP contribution in [0.15, 0.2) is 22.5 Å². The monoisotopic (exact) mass is 356 g/mol. The van der Waals surface area contributed by atoms with E-state index in [2.05, 4.69) is 30.1 Å². The lowest BCUT2D eigenvalue weighted by molar-refractivity contribution is -0.0412. The lowest BCUT2D eigenvalue weighted by Crippen LogP contribution is -2.50. The number of allylic oxidation sites excluding steroid dienone is 1. The molecule has 0 aromatic carbocycles. The van der Waals surface area contributed by atoms with Gasteiger partial charge in [-0.05, 0) is 80.0 Å². The number of hydrogen-bond donors (Lipinski definition) is 3. The molecule has 0 bridgehead atoms. The highest BCUT2D eigenvalue weighted by molar-refractivity contribution is 5.27. The van der Waals surface area contributed by atoms with Crippen LogP contribution in [0.25, 0.3) is 0 Å². The van der Waals surface area contributed by atoms with Crippen molar-refractivity contribution in [2.24, 2.45) is 28.6 Å². The summed E-state index contributed by atoms with van der Waals surface area (Å²) < 4.78 is 0. The second-order valence-electron chi connectivity index (χ2n) is 10.0. The Kier molecular flexibility index (Phi) is 3.63. The second kappa shape index (κ2) is 5.60. The zero-order valence-electron chi connectivity index (χ0n) is 16.1. The van der Waals surface area contributed by atoms with E-state index in [1.54, 1.807) is 11.6 Å². The third-order valence-corrected chi connectivity index (χ3v) is 9.07. The Bertz CT molecular complexity index is 792. The molecule has 0 radical (unpaired) electrons. The third-order valence-electron chi connectivity index (χ3n) is 9.07. The van der Waals surface area contributed by atoms with Crippen molar-refractivity contribution >= 4 is 0 Å². The normalized spacial score (nSPS) is 47.7. The van der Waals surface area contributed by atoms with Crippen LogP contribution in [0.2, 0.25) is 0 Å². The van der Waals surface area contributed by atoms with Crippen molar-refractivity contribution in [1.82, 2.24) is 10.2 Å². The molecule has 3 saturated carbocycles.